The molecule has 0 bridgehead atoms. The summed E-state index contributed by atoms with van der Waals surface area (Å²) in [7, 11) is 1.66. The van der Waals surface area contributed by atoms with Gasteiger partial charge in [-0.25, -0.2) is 4.98 Å². The van der Waals surface area contributed by atoms with Gasteiger partial charge in [0.2, 0.25) is 0 Å². The zero-order valence-electron chi connectivity index (χ0n) is 14.7. The van der Waals surface area contributed by atoms with Crippen LogP contribution in [-0.2, 0) is 0 Å². The fourth-order valence-corrected chi connectivity index (χ4v) is 3.30. The molecule has 0 aliphatic heterocycles. The van der Waals surface area contributed by atoms with E-state index in [-0.39, 0.29) is 0 Å². The lowest BCUT2D eigenvalue weighted by atomic mass is 10.1. The molecule has 5 rings (SSSR count). The summed E-state index contributed by atoms with van der Waals surface area (Å²) in [6, 6.07) is 26.0. The Kier molecular flexibility index (Phi) is 3.57. The van der Waals surface area contributed by atoms with Crippen molar-refractivity contribution in [3.8, 4) is 28.4 Å². The molecule has 0 spiro atoms. The molecule has 0 aliphatic carbocycles. The van der Waals surface area contributed by atoms with E-state index in [2.05, 4.69) is 14.6 Å². The average Bonchev–Trinajstić information content (AvgIpc) is 3.19. The van der Waals surface area contributed by atoms with Crippen LogP contribution in [0.5, 0.6) is 5.75 Å². The second-order valence-corrected chi connectivity index (χ2v) is 6.23. The first-order valence-electron chi connectivity index (χ1n) is 8.69. The van der Waals surface area contributed by atoms with Crippen molar-refractivity contribution < 1.29 is 4.74 Å². The summed E-state index contributed by atoms with van der Waals surface area (Å²) in [5.74, 6) is 1.55. The summed E-state index contributed by atoms with van der Waals surface area (Å²) in [5, 5.41) is 8.98. The number of hydrogen-bond acceptors (Lipinski definition) is 4. The van der Waals surface area contributed by atoms with Crippen molar-refractivity contribution in [2.75, 3.05) is 7.11 Å². The van der Waals surface area contributed by atoms with E-state index in [1.165, 1.54) is 0 Å². The van der Waals surface area contributed by atoms with Gasteiger partial charge in [0.1, 0.15) is 11.4 Å². The molecule has 27 heavy (non-hydrogen) atoms. The van der Waals surface area contributed by atoms with Crippen LogP contribution in [0.4, 0.5) is 0 Å². The molecule has 0 N–H and O–H groups in total. The van der Waals surface area contributed by atoms with Crippen LogP contribution >= 0.6 is 0 Å². The van der Waals surface area contributed by atoms with Gasteiger partial charge in [0.05, 0.1) is 18.1 Å². The molecule has 0 atom stereocenters. The zero-order valence-corrected chi connectivity index (χ0v) is 14.7. The molecule has 5 heteroatoms. The van der Waals surface area contributed by atoms with Crippen LogP contribution in [0.15, 0.2) is 78.9 Å². The van der Waals surface area contributed by atoms with Crippen LogP contribution in [0, 0.1) is 0 Å². The fourth-order valence-electron chi connectivity index (χ4n) is 3.30. The Labute approximate surface area is 155 Å². The number of methoxy groups -OCH3 is 1. The van der Waals surface area contributed by atoms with Crippen LogP contribution in [0.2, 0.25) is 0 Å². The van der Waals surface area contributed by atoms with Gasteiger partial charge in [-0.2, -0.15) is 0 Å². The normalized spacial score (nSPS) is 11.1. The van der Waals surface area contributed by atoms with Gasteiger partial charge < -0.3 is 4.74 Å². The van der Waals surface area contributed by atoms with E-state index < -0.39 is 0 Å². The van der Waals surface area contributed by atoms with Gasteiger partial charge in [0, 0.05) is 17.2 Å². The molecule has 3 aromatic carbocycles. The molecule has 2 aromatic heterocycles. The van der Waals surface area contributed by atoms with Crippen LogP contribution in [-0.4, -0.2) is 26.7 Å². The zero-order chi connectivity index (χ0) is 18.2. The van der Waals surface area contributed by atoms with Crippen LogP contribution < -0.4 is 4.74 Å². The fraction of sp³-hybridized carbons (Fsp3) is 0.0455. The largest absolute Gasteiger partial charge is 0.497 e. The van der Waals surface area contributed by atoms with Gasteiger partial charge in [-0.3, -0.25) is 4.40 Å². The predicted molar refractivity (Wildman–Crippen MR) is 106 cm³/mol. The Morgan fingerprint density at radius 2 is 1.48 bits per heavy atom. The standard InChI is InChI=1S/C22H16N4O/c1-27-17-12-13-18-19(14-17)26-21(16-10-6-3-7-11-16)24-25-22(26)20(23-18)15-8-4-2-5-9-15/h2-14H,1H3. The van der Waals surface area contributed by atoms with Crippen LogP contribution in [0.3, 0.4) is 0 Å². The van der Waals surface area contributed by atoms with E-state index >= 15 is 0 Å². The molecular weight excluding hydrogens is 336 g/mol. The highest BCUT2D eigenvalue weighted by atomic mass is 16.5. The number of rotatable bonds is 3. The van der Waals surface area contributed by atoms with Crippen molar-refractivity contribution in [1.82, 2.24) is 19.6 Å². The molecule has 5 aromatic rings. The van der Waals surface area contributed by atoms with Crippen molar-refractivity contribution in [2.45, 2.75) is 0 Å². The highest BCUT2D eigenvalue weighted by Gasteiger charge is 2.17. The quantitative estimate of drug-likeness (QED) is 0.475. The Bertz CT molecular complexity index is 1250. The number of nitrogens with zero attached hydrogens (tertiary/aromatic N) is 4. The first kappa shape index (κ1) is 15.5. The minimum atomic E-state index is 0.723. The molecular formula is C22H16N4O. The summed E-state index contributed by atoms with van der Waals surface area (Å²) < 4.78 is 7.48. The molecule has 0 radical (unpaired) electrons. The molecule has 0 amide bonds. The Hall–Kier alpha value is -3.73. The topological polar surface area (TPSA) is 52.3 Å². The van der Waals surface area contributed by atoms with E-state index in [1.54, 1.807) is 7.11 Å². The van der Waals surface area contributed by atoms with Crippen molar-refractivity contribution in [3.05, 3.63) is 78.9 Å². The molecule has 0 saturated heterocycles. The van der Waals surface area contributed by atoms with Gasteiger partial charge in [-0.15, -0.1) is 10.2 Å². The van der Waals surface area contributed by atoms with Gasteiger partial charge >= 0.3 is 0 Å². The number of benzene rings is 3. The average molecular weight is 352 g/mol. The van der Waals surface area contributed by atoms with Crippen molar-refractivity contribution >= 4 is 16.7 Å². The first-order chi connectivity index (χ1) is 13.3. The Balaban J connectivity index is 1.92. The molecule has 130 valence electrons. The van der Waals surface area contributed by atoms with E-state index in [4.69, 9.17) is 9.72 Å². The Morgan fingerprint density at radius 1 is 0.778 bits per heavy atom. The van der Waals surface area contributed by atoms with Crippen molar-refractivity contribution in [3.63, 3.8) is 0 Å². The lowest BCUT2D eigenvalue weighted by Crippen LogP contribution is -1.98. The lowest BCUT2D eigenvalue weighted by Gasteiger charge is -2.10. The second-order valence-electron chi connectivity index (χ2n) is 6.23. The monoisotopic (exact) mass is 352 g/mol. The summed E-state index contributed by atoms with van der Waals surface area (Å²) in [6.45, 7) is 0. The number of hydrogen-bond donors (Lipinski definition) is 0. The SMILES string of the molecule is COc1ccc2nc(-c3ccccc3)c3nnc(-c4ccccc4)n3c2c1. The third kappa shape index (κ3) is 2.52. The maximum Gasteiger partial charge on any atom is 0.188 e. The maximum atomic E-state index is 5.43. The second kappa shape index (κ2) is 6.21. The van der Waals surface area contributed by atoms with Crippen LogP contribution in [0.25, 0.3) is 39.3 Å². The van der Waals surface area contributed by atoms with E-state index in [1.807, 2.05) is 78.9 Å². The molecule has 0 unspecified atom stereocenters. The number of aromatic nitrogens is 4. The van der Waals surface area contributed by atoms with E-state index in [0.717, 1.165) is 45.1 Å². The molecule has 0 fully saturated rings. The number of ether oxygens (including phenoxy) is 1. The van der Waals surface area contributed by atoms with Gasteiger partial charge in [-0.05, 0) is 12.1 Å². The van der Waals surface area contributed by atoms with E-state index in [0.29, 0.717) is 0 Å². The third-order valence-corrected chi connectivity index (χ3v) is 4.61. The molecule has 2 heterocycles. The van der Waals surface area contributed by atoms with E-state index in [9.17, 15) is 0 Å². The highest BCUT2D eigenvalue weighted by molar-refractivity contribution is 5.88. The number of fused-ring (bicyclic) bond motifs is 3. The van der Waals surface area contributed by atoms with Gasteiger partial charge in [-0.1, -0.05) is 60.7 Å². The highest BCUT2D eigenvalue weighted by Crippen LogP contribution is 2.31. The first-order valence-corrected chi connectivity index (χ1v) is 8.69. The molecule has 0 saturated carbocycles. The minimum absolute atomic E-state index is 0.723. The molecule has 5 nitrogen and oxygen atoms in total. The van der Waals surface area contributed by atoms with Gasteiger partial charge in [0.25, 0.3) is 0 Å². The third-order valence-electron chi connectivity index (χ3n) is 4.61. The predicted octanol–water partition coefficient (Wildman–Crippen LogP) is 4.62. The van der Waals surface area contributed by atoms with Crippen molar-refractivity contribution in [1.29, 1.82) is 0 Å². The maximum absolute atomic E-state index is 5.43. The van der Waals surface area contributed by atoms with Crippen molar-refractivity contribution in [2.24, 2.45) is 0 Å². The summed E-state index contributed by atoms with van der Waals surface area (Å²) in [6.07, 6.45) is 0. The summed E-state index contributed by atoms with van der Waals surface area (Å²) >= 11 is 0. The smallest absolute Gasteiger partial charge is 0.188 e. The Morgan fingerprint density at radius 3 is 2.19 bits per heavy atom. The summed E-state index contributed by atoms with van der Waals surface area (Å²) in [4.78, 5) is 4.88. The summed E-state index contributed by atoms with van der Waals surface area (Å²) in [5.41, 5.74) is 5.31. The minimum Gasteiger partial charge on any atom is -0.497 e. The molecule has 0 aliphatic rings. The van der Waals surface area contributed by atoms with Crippen LogP contribution in [0.1, 0.15) is 0 Å². The lowest BCUT2D eigenvalue weighted by molar-refractivity contribution is 0.415. The van der Waals surface area contributed by atoms with Gasteiger partial charge in [0.15, 0.2) is 11.5 Å².